The lowest BCUT2D eigenvalue weighted by atomic mass is 9.76. The monoisotopic (exact) mass is 233 g/mol. The number of carbonyl (C=O) groups excluding carboxylic acids is 1. The number of Topliss-reactive ketones (excluding diaryl/α,β-unsaturated/α-hetero) is 1. The van der Waals surface area contributed by atoms with E-state index in [0.717, 1.165) is 37.2 Å². The summed E-state index contributed by atoms with van der Waals surface area (Å²) in [4.78, 5) is 12.5. The molecule has 1 unspecified atom stereocenters. The second-order valence-electron chi connectivity index (χ2n) is 4.90. The molecule has 1 heterocycles. The first kappa shape index (κ1) is 12.1. The van der Waals surface area contributed by atoms with Gasteiger partial charge in [0, 0.05) is 17.5 Å². The molecule has 17 heavy (non-hydrogen) atoms. The first-order valence-corrected chi connectivity index (χ1v) is 6.05. The second kappa shape index (κ2) is 4.88. The summed E-state index contributed by atoms with van der Waals surface area (Å²) in [6.45, 7) is 3.82. The lowest BCUT2D eigenvalue weighted by Crippen LogP contribution is -2.43. The van der Waals surface area contributed by atoms with Crippen molar-refractivity contribution in [1.29, 1.82) is 0 Å². The highest BCUT2D eigenvalue weighted by Gasteiger charge is 2.35. The number of ketones is 1. The number of rotatable bonds is 3. The van der Waals surface area contributed by atoms with Crippen LogP contribution in [-0.2, 0) is 0 Å². The molecule has 1 aliphatic heterocycles. The van der Waals surface area contributed by atoms with Gasteiger partial charge in [0.15, 0.2) is 5.78 Å². The van der Waals surface area contributed by atoms with Crippen molar-refractivity contribution in [2.75, 3.05) is 20.2 Å². The van der Waals surface area contributed by atoms with E-state index >= 15 is 0 Å². The van der Waals surface area contributed by atoms with Crippen molar-refractivity contribution < 1.29 is 9.53 Å². The van der Waals surface area contributed by atoms with Gasteiger partial charge in [0.2, 0.25) is 0 Å². The summed E-state index contributed by atoms with van der Waals surface area (Å²) >= 11 is 0. The molecule has 92 valence electrons. The predicted molar refractivity (Wildman–Crippen MR) is 67.5 cm³/mol. The molecule has 0 radical (unpaired) electrons. The molecule has 1 fully saturated rings. The van der Waals surface area contributed by atoms with Crippen LogP contribution in [0.15, 0.2) is 24.3 Å². The van der Waals surface area contributed by atoms with Gasteiger partial charge in [-0.15, -0.1) is 0 Å². The Morgan fingerprint density at radius 1 is 1.47 bits per heavy atom. The third-order valence-electron chi connectivity index (χ3n) is 3.48. The minimum Gasteiger partial charge on any atom is -0.497 e. The molecule has 1 saturated heterocycles. The van der Waals surface area contributed by atoms with Gasteiger partial charge in [0.05, 0.1) is 7.11 Å². The first-order valence-electron chi connectivity index (χ1n) is 6.05. The summed E-state index contributed by atoms with van der Waals surface area (Å²) in [5.41, 5.74) is 0.473. The van der Waals surface area contributed by atoms with Gasteiger partial charge in [-0.2, -0.15) is 0 Å². The van der Waals surface area contributed by atoms with E-state index in [2.05, 4.69) is 5.32 Å². The molecule has 0 bridgehead atoms. The first-order chi connectivity index (χ1) is 8.15. The van der Waals surface area contributed by atoms with E-state index in [4.69, 9.17) is 4.74 Å². The minimum atomic E-state index is -0.273. The summed E-state index contributed by atoms with van der Waals surface area (Å²) < 4.78 is 5.16. The number of benzene rings is 1. The fourth-order valence-electron chi connectivity index (χ4n) is 2.36. The van der Waals surface area contributed by atoms with Gasteiger partial charge in [-0.25, -0.2) is 0 Å². The topological polar surface area (TPSA) is 38.3 Å². The van der Waals surface area contributed by atoms with Gasteiger partial charge < -0.3 is 10.1 Å². The Balaban J connectivity index is 2.23. The number of methoxy groups -OCH3 is 1. The molecule has 0 saturated carbocycles. The zero-order chi connectivity index (χ0) is 12.3. The molecular weight excluding hydrogens is 214 g/mol. The van der Waals surface area contributed by atoms with Crippen LogP contribution in [0.25, 0.3) is 0 Å². The van der Waals surface area contributed by atoms with Gasteiger partial charge in [-0.1, -0.05) is 19.1 Å². The summed E-state index contributed by atoms with van der Waals surface area (Å²) in [6.07, 6.45) is 2.02. The van der Waals surface area contributed by atoms with Crippen molar-refractivity contribution in [3.63, 3.8) is 0 Å². The molecule has 2 rings (SSSR count). The maximum atomic E-state index is 12.5. The van der Waals surface area contributed by atoms with E-state index in [1.807, 2.05) is 31.2 Å². The third-order valence-corrected chi connectivity index (χ3v) is 3.48. The van der Waals surface area contributed by atoms with E-state index in [1.54, 1.807) is 7.11 Å². The number of ether oxygens (including phenoxy) is 1. The summed E-state index contributed by atoms with van der Waals surface area (Å²) in [6, 6.07) is 7.41. The fraction of sp³-hybridized carbons (Fsp3) is 0.500. The highest BCUT2D eigenvalue weighted by atomic mass is 16.5. The zero-order valence-corrected chi connectivity index (χ0v) is 10.5. The lowest BCUT2D eigenvalue weighted by molar-refractivity contribution is 0.0772. The van der Waals surface area contributed by atoms with Gasteiger partial charge in [-0.3, -0.25) is 4.79 Å². The highest BCUT2D eigenvalue weighted by Crippen LogP contribution is 2.30. The smallest absolute Gasteiger partial charge is 0.170 e. The van der Waals surface area contributed by atoms with E-state index in [-0.39, 0.29) is 11.2 Å². The Hall–Kier alpha value is -1.35. The molecule has 3 heteroatoms. The Morgan fingerprint density at radius 2 is 2.29 bits per heavy atom. The van der Waals surface area contributed by atoms with Crippen LogP contribution in [0.2, 0.25) is 0 Å². The largest absolute Gasteiger partial charge is 0.497 e. The van der Waals surface area contributed by atoms with Crippen molar-refractivity contribution in [2.24, 2.45) is 5.41 Å². The average molecular weight is 233 g/mol. The Morgan fingerprint density at radius 3 is 2.94 bits per heavy atom. The van der Waals surface area contributed by atoms with E-state index in [9.17, 15) is 4.79 Å². The standard InChI is InChI=1S/C14H19NO2/c1-14(7-4-8-15-10-14)13(16)11-5-3-6-12(9-11)17-2/h3,5-6,9,15H,4,7-8,10H2,1-2H3. The Kier molecular flexibility index (Phi) is 3.48. The van der Waals surface area contributed by atoms with Crippen molar-refractivity contribution in [3.05, 3.63) is 29.8 Å². The second-order valence-corrected chi connectivity index (χ2v) is 4.90. The van der Waals surface area contributed by atoms with Gasteiger partial charge in [0.25, 0.3) is 0 Å². The van der Waals surface area contributed by atoms with E-state index < -0.39 is 0 Å². The van der Waals surface area contributed by atoms with Crippen molar-refractivity contribution in [1.82, 2.24) is 5.32 Å². The highest BCUT2D eigenvalue weighted by molar-refractivity contribution is 6.00. The number of hydrogen-bond acceptors (Lipinski definition) is 3. The molecule has 1 N–H and O–H groups in total. The molecule has 1 atom stereocenters. The quantitative estimate of drug-likeness (QED) is 0.814. The molecule has 0 aliphatic carbocycles. The summed E-state index contributed by atoms with van der Waals surface area (Å²) in [7, 11) is 1.62. The Bertz CT molecular complexity index is 408. The molecule has 3 nitrogen and oxygen atoms in total. The maximum absolute atomic E-state index is 12.5. The molecular formula is C14H19NO2. The van der Waals surface area contributed by atoms with E-state index in [1.165, 1.54) is 0 Å². The van der Waals surface area contributed by atoms with E-state index in [0.29, 0.717) is 0 Å². The van der Waals surface area contributed by atoms with Crippen LogP contribution < -0.4 is 10.1 Å². The van der Waals surface area contributed by atoms with Gasteiger partial charge in [0.1, 0.15) is 5.75 Å². The molecule has 1 aliphatic rings. The minimum absolute atomic E-state index is 0.212. The number of carbonyl (C=O) groups is 1. The SMILES string of the molecule is COc1cccc(C(=O)C2(C)CCCNC2)c1. The number of hydrogen-bond donors (Lipinski definition) is 1. The molecule has 1 aromatic rings. The molecule has 0 aromatic heterocycles. The van der Waals surface area contributed by atoms with Crippen LogP contribution in [0, 0.1) is 5.41 Å². The fourth-order valence-corrected chi connectivity index (χ4v) is 2.36. The molecule has 0 amide bonds. The normalized spacial score (nSPS) is 24.4. The van der Waals surface area contributed by atoms with Gasteiger partial charge in [-0.05, 0) is 31.5 Å². The zero-order valence-electron chi connectivity index (χ0n) is 10.5. The predicted octanol–water partition coefficient (Wildman–Crippen LogP) is 2.27. The summed E-state index contributed by atoms with van der Waals surface area (Å²) in [5.74, 6) is 0.951. The van der Waals surface area contributed by atoms with Crippen LogP contribution >= 0.6 is 0 Å². The van der Waals surface area contributed by atoms with Crippen LogP contribution in [0.1, 0.15) is 30.1 Å². The third kappa shape index (κ3) is 2.50. The van der Waals surface area contributed by atoms with Crippen molar-refractivity contribution in [3.8, 4) is 5.75 Å². The average Bonchev–Trinajstić information content (AvgIpc) is 2.39. The number of nitrogens with one attached hydrogen (secondary N) is 1. The Labute approximate surface area is 102 Å². The van der Waals surface area contributed by atoms with Gasteiger partial charge >= 0.3 is 0 Å². The molecule has 1 aromatic carbocycles. The van der Waals surface area contributed by atoms with Crippen LogP contribution in [0.4, 0.5) is 0 Å². The lowest BCUT2D eigenvalue weighted by Gasteiger charge is -2.32. The van der Waals surface area contributed by atoms with Crippen molar-refractivity contribution >= 4 is 5.78 Å². The van der Waals surface area contributed by atoms with Crippen LogP contribution in [0.5, 0.6) is 5.75 Å². The number of piperidine rings is 1. The van der Waals surface area contributed by atoms with Crippen LogP contribution in [0.3, 0.4) is 0 Å². The maximum Gasteiger partial charge on any atom is 0.170 e. The van der Waals surface area contributed by atoms with Crippen LogP contribution in [-0.4, -0.2) is 26.0 Å². The summed E-state index contributed by atoms with van der Waals surface area (Å²) in [5, 5.41) is 3.30. The van der Waals surface area contributed by atoms with Crippen molar-refractivity contribution in [2.45, 2.75) is 19.8 Å². The molecule has 0 spiro atoms.